The van der Waals surface area contributed by atoms with Crippen LogP contribution in [0.3, 0.4) is 0 Å². The van der Waals surface area contributed by atoms with Crippen LogP contribution in [0, 0.1) is 5.92 Å². The molecule has 1 aromatic rings. The highest BCUT2D eigenvalue weighted by molar-refractivity contribution is 7.98. The van der Waals surface area contributed by atoms with Gasteiger partial charge in [-0.15, -0.1) is 0 Å². The third-order valence-electron chi connectivity index (χ3n) is 5.22. The Morgan fingerprint density at radius 2 is 1.93 bits per heavy atom. The molecular formula is C20H27ClN2O4S. The summed E-state index contributed by atoms with van der Waals surface area (Å²) in [4.78, 5) is 27.6. The van der Waals surface area contributed by atoms with E-state index in [1.807, 2.05) is 11.2 Å². The van der Waals surface area contributed by atoms with Crippen LogP contribution in [0.2, 0.25) is 5.02 Å². The van der Waals surface area contributed by atoms with Crippen LogP contribution < -0.4 is 5.32 Å². The summed E-state index contributed by atoms with van der Waals surface area (Å²) < 4.78 is 11.2. The Bertz CT molecular complexity index is 676. The molecule has 1 aromatic carbocycles. The van der Waals surface area contributed by atoms with Crippen molar-refractivity contribution < 1.29 is 19.1 Å². The molecule has 28 heavy (non-hydrogen) atoms. The number of carbonyl (C=O) groups is 2. The van der Waals surface area contributed by atoms with Crippen molar-refractivity contribution in [1.29, 1.82) is 0 Å². The van der Waals surface area contributed by atoms with Crippen LogP contribution in [-0.2, 0) is 14.3 Å². The second kappa shape index (κ2) is 10.5. The highest BCUT2D eigenvalue weighted by atomic mass is 35.5. The molecule has 0 radical (unpaired) electrons. The van der Waals surface area contributed by atoms with Crippen LogP contribution in [0.4, 0.5) is 0 Å². The molecule has 8 heteroatoms. The van der Waals surface area contributed by atoms with E-state index >= 15 is 0 Å². The van der Waals surface area contributed by atoms with Crippen LogP contribution in [0.15, 0.2) is 24.3 Å². The van der Waals surface area contributed by atoms with Crippen molar-refractivity contribution in [2.45, 2.75) is 31.6 Å². The molecule has 6 nitrogen and oxygen atoms in total. The minimum Gasteiger partial charge on any atom is -0.350 e. The first-order valence-electron chi connectivity index (χ1n) is 9.66. The number of rotatable bonds is 7. The number of benzene rings is 1. The topological polar surface area (TPSA) is 67.9 Å². The number of hydrogen-bond acceptors (Lipinski definition) is 5. The zero-order valence-corrected chi connectivity index (χ0v) is 17.6. The molecular weight excluding hydrogens is 400 g/mol. The van der Waals surface area contributed by atoms with Crippen LogP contribution in [-0.4, -0.2) is 67.4 Å². The van der Waals surface area contributed by atoms with Crippen LogP contribution in [0.5, 0.6) is 0 Å². The van der Waals surface area contributed by atoms with Crippen LogP contribution in [0.1, 0.15) is 29.6 Å². The molecule has 0 aromatic heterocycles. The minimum absolute atomic E-state index is 0.0267. The second-order valence-electron chi connectivity index (χ2n) is 7.06. The summed E-state index contributed by atoms with van der Waals surface area (Å²) in [5.74, 6) is 0.780. The normalized spacial score (nSPS) is 19.6. The van der Waals surface area contributed by atoms with E-state index < -0.39 is 6.04 Å². The predicted octanol–water partition coefficient (Wildman–Crippen LogP) is 2.80. The number of carbonyl (C=O) groups excluding carboxylic acids is 2. The monoisotopic (exact) mass is 426 g/mol. The molecule has 154 valence electrons. The van der Waals surface area contributed by atoms with E-state index in [4.69, 9.17) is 21.1 Å². The average Bonchev–Trinajstić information content (AvgIpc) is 3.26. The van der Waals surface area contributed by atoms with Crippen molar-refractivity contribution in [1.82, 2.24) is 10.2 Å². The van der Waals surface area contributed by atoms with Crippen LogP contribution >= 0.6 is 23.4 Å². The van der Waals surface area contributed by atoms with Gasteiger partial charge in [0.1, 0.15) is 6.04 Å². The number of ether oxygens (including phenoxy) is 2. The van der Waals surface area contributed by atoms with Crippen molar-refractivity contribution >= 4 is 35.2 Å². The van der Waals surface area contributed by atoms with Gasteiger partial charge in [-0.1, -0.05) is 23.7 Å². The lowest BCUT2D eigenvalue weighted by Gasteiger charge is -2.35. The van der Waals surface area contributed by atoms with E-state index in [9.17, 15) is 9.59 Å². The Morgan fingerprint density at radius 3 is 2.57 bits per heavy atom. The van der Waals surface area contributed by atoms with Crippen molar-refractivity contribution in [3.05, 3.63) is 34.9 Å². The van der Waals surface area contributed by atoms with E-state index in [0.717, 1.165) is 18.6 Å². The molecule has 2 aliphatic heterocycles. The van der Waals surface area contributed by atoms with Gasteiger partial charge in [0.2, 0.25) is 5.91 Å². The molecule has 2 fully saturated rings. The summed E-state index contributed by atoms with van der Waals surface area (Å²) in [5.41, 5.74) is 0.389. The number of hydrogen-bond donors (Lipinski definition) is 1. The average molecular weight is 427 g/mol. The molecule has 2 heterocycles. The van der Waals surface area contributed by atoms with Crippen molar-refractivity contribution in [2.75, 3.05) is 38.3 Å². The van der Waals surface area contributed by atoms with E-state index in [-0.39, 0.29) is 18.1 Å². The maximum atomic E-state index is 13.1. The first kappa shape index (κ1) is 21.4. The van der Waals surface area contributed by atoms with Crippen molar-refractivity contribution in [3.63, 3.8) is 0 Å². The first-order chi connectivity index (χ1) is 13.6. The Labute approximate surface area is 175 Å². The van der Waals surface area contributed by atoms with Gasteiger partial charge in [-0.25, -0.2) is 0 Å². The fraction of sp³-hybridized carbons (Fsp3) is 0.600. The van der Waals surface area contributed by atoms with Crippen molar-refractivity contribution in [2.24, 2.45) is 5.92 Å². The largest absolute Gasteiger partial charge is 0.350 e. The summed E-state index contributed by atoms with van der Waals surface area (Å²) in [6, 6.07) is 6.33. The van der Waals surface area contributed by atoms with Gasteiger partial charge in [0.25, 0.3) is 5.91 Å². The lowest BCUT2D eigenvalue weighted by molar-refractivity contribution is -0.138. The van der Waals surface area contributed by atoms with E-state index in [1.165, 1.54) is 0 Å². The number of piperidine rings is 1. The highest BCUT2D eigenvalue weighted by Crippen LogP contribution is 2.26. The predicted molar refractivity (Wildman–Crippen MR) is 111 cm³/mol. The fourth-order valence-corrected chi connectivity index (χ4v) is 4.33. The van der Waals surface area contributed by atoms with E-state index in [2.05, 4.69) is 5.32 Å². The van der Waals surface area contributed by atoms with Gasteiger partial charge in [-0.2, -0.15) is 11.8 Å². The highest BCUT2D eigenvalue weighted by Gasteiger charge is 2.34. The molecule has 3 rings (SSSR count). The lowest BCUT2D eigenvalue weighted by Crippen LogP contribution is -2.51. The summed E-state index contributed by atoms with van der Waals surface area (Å²) in [7, 11) is 0. The van der Waals surface area contributed by atoms with Gasteiger partial charge in [-0.05, 0) is 43.4 Å². The Morgan fingerprint density at radius 1 is 1.25 bits per heavy atom. The minimum atomic E-state index is -0.549. The maximum Gasteiger partial charge on any atom is 0.253 e. The molecule has 2 saturated heterocycles. The summed E-state index contributed by atoms with van der Waals surface area (Å²) in [6.45, 7) is 2.61. The van der Waals surface area contributed by atoms with E-state index in [0.29, 0.717) is 49.2 Å². The SMILES string of the molecule is CSCCC(NC(=O)c1ccccc1Cl)C(=O)N1CCC(C2OCCO2)CC1. The van der Waals surface area contributed by atoms with E-state index in [1.54, 1.807) is 36.0 Å². The molecule has 1 N–H and O–H groups in total. The number of thioether (sulfide) groups is 1. The summed E-state index contributed by atoms with van der Waals surface area (Å²) in [5, 5.41) is 3.28. The number of halogens is 1. The van der Waals surface area contributed by atoms with Crippen molar-refractivity contribution in [3.8, 4) is 0 Å². The summed E-state index contributed by atoms with van der Waals surface area (Å²) >= 11 is 7.79. The van der Waals surface area contributed by atoms with Gasteiger partial charge in [-0.3, -0.25) is 9.59 Å². The lowest BCUT2D eigenvalue weighted by atomic mass is 9.95. The fourth-order valence-electron chi connectivity index (χ4n) is 3.64. The quantitative estimate of drug-likeness (QED) is 0.726. The zero-order chi connectivity index (χ0) is 19.9. The molecule has 1 unspecified atom stereocenters. The maximum absolute atomic E-state index is 13.1. The molecule has 0 saturated carbocycles. The van der Waals surface area contributed by atoms with Gasteiger partial charge in [0, 0.05) is 19.0 Å². The molecule has 0 aliphatic carbocycles. The number of likely N-dealkylation sites (tertiary alicyclic amines) is 1. The second-order valence-corrected chi connectivity index (χ2v) is 8.45. The standard InChI is InChI=1S/C20H27ClN2O4S/c1-28-13-8-17(22-18(24)15-4-2-3-5-16(15)21)19(25)23-9-6-14(7-10-23)20-26-11-12-27-20/h2-5,14,17,20H,6-13H2,1H3,(H,22,24). The molecule has 2 amide bonds. The van der Waals surface area contributed by atoms with Gasteiger partial charge >= 0.3 is 0 Å². The third kappa shape index (κ3) is 5.41. The van der Waals surface area contributed by atoms with Crippen LogP contribution in [0.25, 0.3) is 0 Å². The Hall–Kier alpha value is -1.28. The Kier molecular flexibility index (Phi) is 8.02. The number of nitrogens with one attached hydrogen (secondary N) is 1. The summed E-state index contributed by atoms with van der Waals surface area (Å²) in [6.07, 6.45) is 4.15. The molecule has 1 atom stereocenters. The van der Waals surface area contributed by atoms with Gasteiger partial charge < -0.3 is 19.7 Å². The number of nitrogens with zero attached hydrogens (tertiary/aromatic N) is 1. The molecule has 0 bridgehead atoms. The third-order valence-corrected chi connectivity index (χ3v) is 6.19. The van der Waals surface area contributed by atoms with Gasteiger partial charge in [0.15, 0.2) is 6.29 Å². The molecule has 2 aliphatic rings. The number of amides is 2. The van der Waals surface area contributed by atoms with Gasteiger partial charge in [0.05, 0.1) is 23.8 Å². The smallest absolute Gasteiger partial charge is 0.253 e. The Balaban J connectivity index is 1.60. The zero-order valence-electron chi connectivity index (χ0n) is 16.1. The molecule has 0 spiro atoms. The first-order valence-corrected chi connectivity index (χ1v) is 11.4.